The highest BCUT2D eigenvalue weighted by Gasteiger charge is 2.10. The van der Waals surface area contributed by atoms with E-state index in [9.17, 15) is 4.79 Å². The van der Waals surface area contributed by atoms with Gasteiger partial charge in [0.2, 0.25) is 5.95 Å². The van der Waals surface area contributed by atoms with E-state index in [-0.39, 0.29) is 5.95 Å². The van der Waals surface area contributed by atoms with Gasteiger partial charge in [-0.25, -0.2) is 15.2 Å². The number of aryl methyl sites for hydroxylation is 1. The van der Waals surface area contributed by atoms with Crippen molar-refractivity contribution in [1.82, 2.24) is 14.5 Å². The number of hydrogen-bond acceptors (Lipinski definition) is 5. The summed E-state index contributed by atoms with van der Waals surface area (Å²) in [5.41, 5.74) is 2.29. The van der Waals surface area contributed by atoms with Gasteiger partial charge in [0, 0.05) is 0 Å². The van der Waals surface area contributed by atoms with E-state index < -0.39 is 5.69 Å². The number of anilines is 1. The predicted octanol–water partition coefficient (Wildman–Crippen LogP) is 0.875. The van der Waals surface area contributed by atoms with Crippen molar-refractivity contribution in [3.8, 4) is 5.69 Å². The Labute approximate surface area is 102 Å². The van der Waals surface area contributed by atoms with Crippen LogP contribution in [0.5, 0.6) is 0 Å². The van der Waals surface area contributed by atoms with E-state index in [0.29, 0.717) is 16.5 Å². The van der Waals surface area contributed by atoms with Crippen LogP contribution in [0.25, 0.3) is 5.69 Å². The zero-order chi connectivity index (χ0) is 12.4. The molecule has 0 unspecified atom stereocenters. The molecule has 2 aromatic rings. The highest BCUT2D eigenvalue weighted by Crippen LogP contribution is 2.18. The number of nitrogens with one attached hydrogen (secondary N) is 1. The first-order valence-electron chi connectivity index (χ1n) is 4.82. The normalized spacial score (nSPS) is 10.3. The van der Waals surface area contributed by atoms with Crippen molar-refractivity contribution in [1.29, 1.82) is 0 Å². The van der Waals surface area contributed by atoms with Gasteiger partial charge in [-0.15, -0.1) is 0 Å². The molecular weight excluding hydrogens is 242 g/mol. The topological polar surface area (TPSA) is 85.8 Å². The zero-order valence-electron chi connectivity index (χ0n) is 9.01. The second-order valence-corrected chi connectivity index (χ2v) is 3.72. The molecule has 88 valence electrons. The van der Waals surface area contributed by atoms with Gasteiger partial charge in [-0.1, -0.05) is 23.7 Å². The van der Waals surface area contributed by atoms with Crippen LogP contribution < -0.4 is 17.0 Å². The molecule has 0 radical (unpaired) electrons. The van der Waals surface area contributed by atoms with Crippen LogP contribution in [0.4, 0.5) is 5.95 Å². The van der Waals surface area contributed by atoms with Crippen molar-refractivity contribution in [2.24, 2.45) is 5.84 Å². The van der Waals surface area contributed by atoms with Crippen LogP contribution in [-0.4, -0.2) is 14.5 Å². The minimum atomic E-state index is -0.487. The monoisotopic (exact) mass is 251 g/mol. The first-order chi connectivity index (χ1) is 8.13. The van der Waals surface area contributed by atoms with Crippen LogP contribution in [-0.2, 0) is 0 Å². The maximum Gasteiger partial charge on any atom is 0.356 e. The van der Waals surface area contributed by atoms with E-state index in [4.69, 9.17) is 17.4 Å². The summed E-state index contributed by atoms with van der Waals surface area (Å²) >= 11 is 6.02. The van der Waals surface area contributed by atoms with Crippen molar-refractivity contribution in [2.45, 2.75) is 6.92 Å². The van der Waals surface area contributed by atoms with E-state index in [1.807, 2.05) is 0 Å². The largest absolute Gasteiger partial charge is 0.356 e. The molecule has 2 rings (SSSR count). The van der Waals surface area contributed by atoms with Crippen molar-refractivity contribution in [3.63, 3.8) is 0 Å². The number of nitrogens with zero attached hydrogens (tertiary/aromatic N) is 3. The molecule has 1 aromatic carbocycles. The molecular formula is C10H10ClN5O. The lowest BCUT2D eigenvalue weighted by molar-refractivity contribution is 0.811. The second-order valence-electron chi connectivity index (χ2n) is 3.31. The molecule has 0 aliphatic carbocycles. The SMILES string of the molecule is Cc1nc(NN)nc(=O)n1-c1ccccc1Cl. The summed E-state index contributed by atoms with van der Waals surface area (Å²) in [4.78, 5) is 19.5. The Morgan fingerprint density at radius 1 is 1.35 bits per heavy atom. The molecule has 0 aliphatic rings. The van der Waals surface area contributed by atoms with Gasteiger partial charge in [-0.3, -0.25) is 5.43 Å². The van der Waals surface area contributed by atoms with Gasteiger partial charge in [0.15, 0.2) is 0 Å². The third-order valence-corrected chi connectivity index (χ3v) is 2.53. The first kappa shape index (κ1) is 11.6. The number of nitrogens with two attached hydrogens (primary N) is 1. The third-order valence-electron chi connectivity index (χ3n) is 2.21. The molecule has 0 fully saturated rings. The Bertz CT molecular complexity index is 610. The quantitative estimate of drug-likeness (QED) is 0.611. The fourth-order valence-corrected chi connectivity index (χ4v) is 1.70. The molecule has 0 atom stereocenters. The summed E-state index contributed by atoms with van der Waals surface area (Å²) in [6.07, 6.45) is 0. The Morgan fingerprint density at radius 2 is 2.06 bits per heavy atom. The van der Waals surface area contributed by atoms with E-state index in [2.05, 4.69) is 15.4 Å². The Morgan fingerprint density at radius 3 is 2.65 bits per heavy atom. The Hall–Kier alpha value is -1.92. The van der Waals surface area contributed by atoms with Gasteiger partial charge in [-0.05, 0) is 19.1 Å². The smallest absolute Gasteiger partial charge is 0.292 e. The number of halogens is 1. The summed E-state index contributed by atoms with van der Waals surface area (Å²) in [5.74, 6) is 5.69. The average Bonchev–Trinajstić information content (AvgIpc) is 2.30. The van der Waals surface area contributed by atoms with E-state index in [0.717, 1.165) is 0 Å². The third kappa shape index (κ3) is 2.13. The number of nitrogen functional groups attached to an aromatic ring is 1. The molecule has 0 saturated heterocycles. The number of rotatable bonds is 2. The zero-order valence-corrected chi connectivity index (χ0v) is 9.77. The second kappa shape index (κ2) is 4.52. The van der Waals surface area contributed by atoms with Crippen molar-refractivity contribution in [2.75, 3.05) is 5.43 Å². The van der Waals surface area contributed by atoms with Crippen LogP contribution in [0.2, 0.25) is 5.02 Å². The van der Waals surface area contributed by atoms with Crippen LogP contribution in [0, 0.1) is 6.92 Å². The Kier molecular flexibility index (Phi) is 3.08. The molecule has 0 saturated carbocycles. The van der Waals surface area contributed by atoms with Gasteiger partial charge in [-0.2, -0.15) is 9.97 Å². The van der Waals surface area contributed by atoms with Crippen LogP contribution in [0.1, 0.15) is 5.82 Å². The van der Waals surface area contributed by atoms with Crippen molar-refractivity contribution in [3.05, 3.63) is 45.6 Å². The predicted molar refractivity (Wildman–Crippen MR) is 65.2 cm³/mol. The Balaban J connectivity index is 2.69. The lowest BCUT2D eigenvalue weighted by Gasteiger charge is -2.10. The summed E-state index contributed by atoms with van der Waals surface area (Å²) in [7, 11) is 0. The maximum atomic E-state index is 11.8. The molecule has 0 bridgehead atoms. The highest BCUT2D eigenvalue weighted by atomic mass is 35.5. The number of hydrazine groups is 1. The van der Waals surface area contributed by atoms with E-state index >= 15 is 0 Å². The number of hydrogen-bond donors (Lipinski definition) is 2. The summed E-state index contributed by atoms with van der Waals surface area (Å²) in [6.45, 7) is 1.67. The van der Waals surface area contributed by atoms with Gasteiger partial charge in [0.25, 0.3) is 0 Å². The molecule has 0 aliphatic heterocycles. The van der Waals surface area contributed by atoms with Gasteiger partial charge >= 0.3 is 5.69 Å². The summed E-state index contributed by atoms with van der Waals surface area (Å²) in [6, 6.07) is 6.97. The molecule has 17 heavy (non-hydrogen) atoms. The number of benzene rings is 1. The molecule has 1 aromatic heterocycles. The molecule has 0 amide bonds. The molecule has 3 N–H and O–H groups in total. The van der Waals surface area contributed by atoms with Crippen molar-refractivity contribution >= 4 is 17.5 Å². The summed E-state index contributed by atoms with van der Waals surface area (Å²) in [5, 5.41) is 0.453. The van der Waals surface area contributed by atoms with E-state index in [1.54, 1.807) is 31.2 Å². The minimum absolute atomic E-state index is 0.0794. The fourth-order valence-electron chi connectivity index (χ4n) is 1.48. The first-order valence-corrected chi connectivity index (χ1v) is 5.20. The van der Waals surface area contributed by atoms with Crippen LogP contribution >= 0.6 is 11.6 Å². The van der Waals surface area contributed by atoms with Gasteiger partial charge < -0.3 is 0 Å². The standard InChI is InChI=1S/C10H10ClN5O/c1-6-13-9(15-12)14-10(17)16(6)8-5-3-2-4-7(8)11/h2-5H,12H2,1H3,(H,14,15,17). The van der Waals surface area contributed by atoms with Gasteiger partial charge in [0.05, 0.1) is 10.7 Å². The highest BCUT2D eigenvalue weighted by molar-refractivity contribution is 6.32. The van der Waals surface area contributed by atoms with E-state index in [1.165, 1.54) is 4.57 Å². The minimum Gasteiger partial charge on any atom is -0.292 e. The molecule has 6 nitrogen and oxygen atoms in total. The number of para-hydroxylation sites is 1. The lowest BCUT2D eigenvalue weighted by Crippen LogP contribution is -2.27. The van der Waals surface area contributed by atoms with Crippen LogP contribution in [0.15, 0.2) is 29.1 Å². The van der Waals surface area contributed by atoms with Crippen molar-refractivity contribution < 1.29 is 0 Å². The van der Waals surface area contributed by atoms with Crippen LogP contribution in [0.3, 0.4) is 0 Å². The molecule has 0 spiro atoms. The lowest BCUT2D eigenvalue weighted by atomic mass is 10.3. The maximum absolute atomic E-state index is 11.8. The average molecular weight is 252 g/mol. The fraction of sp³-hybridized carbons (Fsp3) is 0.100. The van der Waals surface area contributed by atoms with Gasteiger partial charge in [0.1, 0.15) is 5.82 Å². The summed E-state index contributed by atoms with van der Waals surface area (Å²) < 4.78 is 1.32. The molecule has 7 heteroatoms. The molecule has 1 heterocycles. The number of aromatic nitrogens is 3.